The molecule has 2 atom stereocenters. The van der Waals surface area contributed by atoms with Gasteiger partial charge in [0.1, 0.15) is 19.8 Å². The first-order chi connectivity index (χ1) is 47.0. The standard InChI is InChI=1S/C86H150NO8P/c1-6-8-10-12-14-16-18-20-22-24-26-28-30-32-34-36-38-39-40-41-42-43-44-45-46-47-49-51-53-55-57-59-61-63-65-67-69-71-73-75-77-79-86(89)95-84(83-94-96(90,91)93-81-80-87(3,4)5)82-92-85(88)78-76-74-72-70-68-66-64-62-60-58-56-54-52-50-48-37-35-33-31-29-27-25-23-21-19-17-15-13-11-9-7-2/h8,10,14,16,19-22,25-28,31-34,38-39,41-42,44-45,84H,6-7,9,11-13,15,17-18,23-24,29-30,35-37,40,43,46-83H2,1-5H3/b10-8-,16-14-,21-19-,22-20-,27-25-,28-26-,33-31-,34-32-,39-38-,42-41-,45-44-. The number of likely N-dealkylation sites (N-methyl/N-ethyl adjacent to an activating group) is 1. The lowest BCUT2D eigenvalue weighted by atomic mass is 10.0. The van der Waals surface area contributed by atoms with Gasteiger partial charge in [0.15, 0.2) is 6.10 Å². The highest BCUT2D eigenvalue weighted by Gasteiger charge is 2.22. The highest BCUT2D eigenvalue weighted by molar-refractivity contribution is 7.45. The van der Waals surface area contributed by atoms with E-state index >= 15 is 0 Å². The number of phosphoric acid groups is 1. The van der Waals surface area contributed by atoms with Gasteiger partial charge >= 0.3 is 11.9 Å². The van der Waals surface area contributed by atoms with E-state index in [0.29, 0.717) is 17.4 Å². The number of hydrogen-bond donors (Lipinski definition) is 0. The van der Waals surface area contributed by atoms with E-state index < -0.39 is 26.5 Å². The largest absolute Gasteiger partial charge is 0.756 e. The first-order valence-corrected chi connectivity index (χ1v) is 41.4. The molecule has 0 N–H and O–H groups in total. The normalized spacial score (nSPS) is 13.8. The molecule has 0 saturated heterocycles. The van der Waals surface area contributed by atoms with E-state index in [-0.39, 0.29) is 32.0 Å². The van der Waals surface area contributed by atoms with Gasteiger partial charge in [0.05, 0.1) is 27.7 Å². The summed E-state index contributed by atoms with van der Waals surface area (Å²) in [6, 6.07) is 0. The highest BCUT2D eigenvalue weighted by Crippen LogP contribution is 2.38. The van der Waals surface area contributed by atoms with Gasteiger partial charge in [-0.2, -0.15) is 0 Å². The van der Waals surface area contributed by atoms with Crippen LogP contribution in [-0.4, -0.2) is 70.0 Å². The van der Waals surface area contributed by atoms with Crippen LogP contribution in [0.15, 0.2) is 134 Å². The van der Waals surface area contributed by atoms with Crippen LogP contribution in [0.5, 0.6) is 0 Å². The van der Waals surface area contributed by atoms with Crippen molar-refractivity contribution in [2.24, 2.45) is 0 Å². The summed E-state index contributed by atoms with van der Waals surface area (Å²) in [6.07, 6.45) is 110. The van der Waals surface area contributed by atoms with Crippen LogP contribution in [0.2, 0.25) is 0 Å². The molecule has 0 aliphatic heterocycles. The van der Waals surface area contributed by atoms with Crippen LogP contribution >= 0.6 is 7.82 Å². The average molecular weight is 1360 g/mol. The number of allylic oxidation sites excluding steroid dienone is 22. The maximum Gasteiger partial charge on any atom is 0.306 e. The summed E-state index contributed by atoms with van der Waals surface area (Å²) in [5.74, 6) is -0.825. The Hall–Kier alpha value is -3.85. The molecule has 0 spiro atoms. The summed E-state index contributed by atoms with van der Waals surface area (Å²) in [4.78, 5) is 38.2. The van der Waals surface area contributed by atoms with Crippen molar-refractivity contribution in [1.82, 2.24) is 0 Å². The Morgan fingerprint density at radius 2 is 0.594 bits per heavy atom. The quantitative estimate of drug-likeness (QED) is 0.0195. The average Bonchev–Trinajstić information content (AvgIpc) is 2.54. The maximum atomic E-state index is 12.9. The molecule has 0 aromatic carbocycles. The molecule has 0 rings (SSSR count). The number of rotatable bonds is 73. The van der Waals surface area contributed by atoms with Crippen LogP contribution in [0.25, 0.3) is 0 Å². The molecule has 10 heteroatoms. The number of carbonyl (C=O) groups excluding carboxylic acids is 2. The smallest absolute Gasteiger partial charge is 0.306 e. The van der Waals surface area contributed by atoms with E-state index in [9.17, 15) is 19.0 Å². The van der Waals surface area contributed by atoms with Gasteiger partial charge in [0.2, 0.25) is 0 Å². The fourth-order valence-corrected chi connectivity index (χ4v) is 11.8. The van der Waals surface area contributed by atoms with Gasteiger partial charge in [-0.1, -0.05) is 353 Å². The van der Waals surface area contributed by atoms with Gasteiger partial charge in [-0.15, -0.1) is 0 Å². The number of phosphoric ester groups is 1. The van der Waals surface area contributed by atoms with Crippen LogP contribution in [0.1, 0.15) is 348 Å². The minimum absolute atomic E-state index is 0.0338. The number of unbranched alkanes of at least 4 members (excludes halogenated alkanes) is 37. The van der Waals surface area contributed by atoms with Crippen molar-refractivity contribution in [3.63, 3.8) is 0 Å². The van der Waals surface area contributed by atoms with Gasteiger partial charge in [0, 0.05) is 12.8 Å². The van der Waals surface area contributed by atoms with E-state index in [1.54, 1.807) is 0 Å². The molecule has 9 nitrogen and oxygen atoms in total. The summed E-state index contributed by atoms with van der Waals surface area (Å²) in [7, 11) is 1.17. The van der Waals surface area contributed by atoms with Crippen LogP contribution in [0.3, 0.4) is 0 Å². The summed E-state index contributed by atoms with van der Waals surface area (Å²) >= 11 is 0. The van der Waals surface area contributed by atoms with Crippen LogP contribution in [0, 0.1) is 0 Å². The third-order valence-electron chi connectivity index (χ3n) is 17.2. The third-order valence-corrected chi connectivity index (χ3v) is 18.1. The number of quaternary nitrogens is 1. The lowest BCUT2D eigenvalue weighted by Gasteiger charge is -2.28. The predicted molar refractivity (Wildman–Crippen MR) is 415 cm³/mol. The summed E-state index contributed by atoms with van der Waals surface area (Å²) in [6.45, 7) is 4.15. The SMILES string of the molecule is CC/C=C\C/C=C\C/C=C\C/C=C\C/C=C\C/C=C\C/C=C\C/C=C\CCCCCCCCCCCCCCCCCCC(=O)OC(COC(=O)CCCCCCCCCCCCCCCCCC/C=C\C/C=C\C/C=C\CCCCCCC)COP(=O)([O-])OCC[N+](C)(C)C. The molecule has 0 amide bonds. The number of ether oxygens (including phenoxy) is 2. The predicted octanol–water partition coefficient (Wildman–Crippen LogP) is 26.1. The molecule has 0 saturated carbocycles. The van der Waals surface area contributed by atoms with Gasteiger partial charge in [-0.3, -0.25) is 14.2 Å². The molecule has 2 unspecified atom stereocenters. The molecule has 0 aromatic heterocycles. The fourth-order valence-electron chi connectivity index (χ4n) is 11.1. The Bertz CT molecular complexity index is 2090. The maximum absolute atomic E-state index is 12.9. The molecule has 0 aliphatic carbocycles. The van der Waals surface area contributed by atoms with Crippen molar-refractivity contribution < 1.29 is 42.1 Å². The first kappa shape index (κ1) is 92.2. The monoisotopic (exact) mass is 1360 g/mol. The summed E-state index contributed by atoms with van der Waals surface area (Å²) < 4.78 is 34.4. The van der Waals surface area contributed by atoms with Crippen molar-refractivity contribution in [2.45, 2.75) is 354 Å². The Labute approximate surface area is 593 Å². The lowest BCUT2D eigenvalue weighted by molar-refractivity contribution is -0.870. The molecule has 0 radical (unpaired) electrons. The van der Waals surface area contributed by atoms with E-state index in [1.807, 2.05) is 21.1 Å². The van der Waals surface area contributed by atoms with Crippen LogP contribution in [0.4, 0.5) is 0 Å². The second-order valence-corrected chi connectivity index (χ2v) is 29.1. The molecular formula is C86H150NO8P. The summed E-state index contributed by atoms with van der Waals surface area (Å²) in [5, 5.41) is 0. The second kappa shape index (κ2) is 75.4. The Morgan fingerprint density at radius 3 is 0.885 bits per heavy atom. The van der Waals surface area contributed by atoms with Crippen molar-refractivity contribution >= 4 is 19.8 Å². The Morgan fingerprint density at radius 1 is 0.333 bits per heavy atom. The highest BCUT2D eigenvalue weighted by atomic mass is 31.2. The minimum Gasteiger partial charge on any atom is -0.756 e. The molecule has 0 aromatic rings. The third kappa shape index (κ3) is 79.1. The van der Waals surface area contributed by atoms with E-state index in [2.05, 4.69) is 148 Å². The molecule has 0 fully saturated rings. The van der Waals surface area contributed by atoms with Crippen molar-refractivity contribution in [3.8, 4) is 0 Å². The molecule has 552 valence electrons. The van der Waals surface area contributed by atoms with E-state index in [1.165, 1.54) is 212 Å². The van der Waals surface area contributed by atoms with E-state index in [0.717, 1.165) is 103 Å². The van der Waals surface area contributed by atoms with Crippen molar-refractivity contribution in [2.75, 3.05) is 47.5 Å². The molecule has 0 heterocycles. The zero-order chi connectivity index (χ0) is 69.7. The molecular weight excluding hydrogens is 1210 g/mol. The lowest BCUT2D eigenvalue weighted by Crippen LogP contribution is -2.37. The Balaban J connectivity index is 3.98. The zero-order valence-corrected chi connectivity index (χ0v) is 63.9. The first-order valence-electron chi connectivity index (χ1n) is 39.9. The zero-order valence-electron chi connectivity index (χ0n) is 63.0. The van der Waals surface area contributed by atoms with Crippen molar-refractivity contribution in [3.05, 3.63) is 134 Å². The number of esters is 2. The topological polar surface area (TPSA) is 111 Å². The molecule has 96 heavy (non-hydrogen) atoms. The second-order valence-electron chi connectivity index (χ2n) is 27.7. The number of hydrogen-bond acceptors (Lipinski definition) is 8. The minimum atomic E-state index is -4.65. The Kier molecular flexibility index (Phi) is 72.3. The molecule has 0 aliphatic rings. The van der Waals surface area contributed by atoms with E-state index in [4.69, 9.17) is 18.5 Å². The fraction of sp³-hybridized carbons (Fsp3) is 0.721. The summed E-state index contributed by atoms with van der Waals surface area (Å²) in [5.41, 5.74) is 0. The van der Waals surface area contributed by atoms with Crippen molar-refractivity contribution in [1.29, 1.82) is 0 Å². The van der Waals surface area contributed by atoms with Crippen LogP contribution in [-0.2, 0) is 32.7 Å². The van der Waals surface area contributed by atoms with Gasteiger partial charge in [0.25, 0.3) is 7.82 Å². The van der Waals surface area contributed by atoms with Gasteiger partial charge in [-0.25, -0.2) is 0 Å². The van der Waals surface area contributed by atoms with Crippen LogP contribution < -0.4 is 4.89 Å². The number of nitrogens with zero attached hydrogens (tertiary/aromatic N) is 1. The molecule has 0 bridgehead atoms. The number of carbonyl (C=O) groups is 2. The van der Waals surface area contributed by atoms with Gasteiger partial charge < -0.3 is 27.9 Å². The van der Waals surface area contributed by atoms with Gasteiger partial charge in [-0.05, 0) is 116 Å².